The number of hydrogen-bond acceptors (Lipinski definition) is 3. The summed E-state index contributed by atoms with van der Waals surface area (Å²) in [4.78, 5) is 23.5. The molecule has 6 heteroatoms. The quantitative estimate of drug-likeness (QED) is 0.899. The van der Waals surface area contributed by atoms with Crippen LogP contribution in [0, 0.1) is 6.92 Å². The first-order valence-corrected chi connectivity index (χ1v) is 7.38. The molecular formula is C13H14ClNO3S. The summed E-state index contributed by atoms with van der Waals surface area (Å²) in [6.07, 6.45) is 0.443. The Morgan fingerprint density at radius 2 is 2.21 bits per heavy atom. The lowest BCUT2D eigenvalue weighted by Gasteiger charge is -2.24. The Bertz CT molecular complexity index is 527. The van der Waals surface area contributed by atoms with E-state index < -0.39 is 17.4 Å². The normalized spacial score (nSPS) is 22.2. The summed E-state index contributed by atoms with van der Waals surface area (Å²) >= 11 is 7.50. The van der Waals surface area contributed by atoms with Crippen molar-refractivity contribution in [1.29, 1.82) is 0 Å². The number of nitrogens with one attached hydrogen (secondary N) is 1. The van der Waals surface area contributed by atoms with Gasteiger partial charge in [-0.3, -0.25) is 4.79 Å². The van der Waals surface area contributed by atoms with Crippen molar-refractivity contribution in [3.05, 3.63) is 34.3 Å². The van der Waals surface area contributed by atoms with Gasteiger partial charge in [-0.05, 0) is 36.8 Å². The zero-order valence-corrected chi connectivity index (χ0v) is 12.0. The molecule has 1 atom stereocenters. The van der Waals surface area contributed by atoms with Gasteiger partial charge in [-0.25, -0.2) is 4.79 Å². The first kappa shape index (κ1) is 14.2. The Morgan fingerprint density at radius 3 is 2.74 bits per heavy atom. The molecule has 1 aliphatic rings. The topological polar surface area (TPSA) is 66.4 Å². The number of carboxylic acid groups (broad SMARTS) is 1. The fourth-order valence-corrected chi connectivity index (χ4v) is 3.42. The second kappa shape index (κ2) is 5.43. The molecular weight excluding hydrogens is 286 g/mol. The average molecular weight is 300 g/mol. The van der Waals surface area contributed by atoms with E-state index in [2.05, 4.69) is 5.32 Å². The van der Waals surface area contributed by atoms with Gasteiger partial charge in [0, 0.05) is 16.3 Å². The number of aryl methyl sites for hydroxylation is 1. The van der Waals surface area contributed by atoms with Crippen molar-refractivity contribution >= 4 is 35.2 Å². The van der Waals surface area contributed by atoms with Crippen molar-refractivity contribution in [3.63, 3.8) is 0 Å². The predicted octanol–water partition coefficient (Wildman–Crippen LogP) is 2.34. The SMILES string of the molecule is Cc1ccc(C(=O)NC2(C(=O)O)CCSC2)cc1Cl. The van der Waals surface area contributed by atoms with Gasteiger partial charge < -0.3 is 10.4 Å². The number of aliphatic carboxylic acids is 1. The molecule has 1 heterocycles. The molecule has 1 saturated heterocycles. The maximum Gasteiger partial charge on any atom is 0.330 e. The minimum Gasteiger partial charge on any atom is -0.479 e. The molecule has 102 valence electrons. The van der Waals surface area contributed by atoms with Crippen molar-refractivity contribution in [2.45, 2.75) is 18.9 Å². The summed E-state index contributed by atoms with van der Waals surface area (Å²) in [6.45, 7) is 1.84. The Labute approximate surface area is 120 Å². The summed E-state index contributed by atoms with van der Waals surface area (Å²) in [5.41, 5.74) is 0.106. The van der Waals surface area contributed by atoms with Crippen molar-refractivity contribution < 1.29 is 14.7 Å². The largest absolute Gasteiger partial charge is 0.479 e. The highest BCUT2D eigenvalue weighted by Crippen LogP contribution is 2.29. The van der Waals surface area contributed by atoms with Gasteiger partial charge in [0.15, 0.2) is 0 Å². The van der Waals surface area contributed by atoms with E-state index in [-0.39, 0.29) is 0 Å². The Hall–Kier alpha value is -1.20. The highest BCUT2D eigenvalue weighted by atomic mass is 35.5. The molecule has 1 aromatic rings. The maximum atomic E-state index is 12.1. The lowest BCUT2D eigenvalue weighted by molar-refractivity contribution is -0.143. The highest BCUT2D eigenvalue weighted by molar-refractivity contribution is 7.99. The number of rotatable bonds is 3. The van der Waals surface area contributed by atoms with Crippen molar-refractivity contribution in [2.24, 2.45) is 0 Å². The number of benzene rings is 1. The average Bonchev–Trinajstić information content (AvgIpc) is 2.82. The maximum absolute atomic E-state index is 12.1. The number of carboxylic acids is 1. The molecule has 0 aromatic heterocycles. The van der Waals surface area contributed by atoms with Gasteiger partial charge >= 0.3 is 5.97 Å². The number of hydrogen-bond donors (Lipinski definition) is 2. The monoisotopic (exact) mass is 299 g/mol. The Kier molecular flexibility index (Phi) is 4.06. The molecule has 0 radical (unpaired) electrons. The molecule has 1 fully saturated rings. The number of carbonyl (C=O) groups excluding carboxylic acids is 1. The second-order valence-corrected chi connectivity index (χ2v) is 6.12. The lowest BCUT2D eigenvalue weighted by atomic mass is 9.98. The van der Waals surface area contributed by atoms with Crippen LogP contribution in [0.25, 0.3) is 0 Å². The van der Waals surface area contributed by atoms with Crippen LogP contribution in [0.5, 0.6) is 0 Å². The third-order valence-electron chi connectivity index (χ3n) is 3.22. The molecule has 19 heavy (non-hydrogen) atoms. The fraction of sp³-hybridized carbons (Fsp3) is 0.385. The fourth-order valence-electron chi connectivity index (χ4n) is 1.91. The zero-order valence-electron chi connectivity index (χ0n) is 10.4. The number of thioether (sulfide) groups is 1. The van der Waals surface area contributed by atoms with Gasteiger partial charge in [-0.2, -0.15) is 11.8 Å². The van der Waals surface area contributed by atoms with E-state index in [1.54, 1.807) is 18.2 Å². The van der Waals surface area contributed by atoms with Crippen LogP contribution >= 0.6 is 23.4 Å². The third kappa shape index (κ3) is 2.87. The van der Waals surface area contributed by atoms with Crippen LogP contribution < -0.4 is 5.32 Å². The minimum absolute atomic E-state index is 0.383. The summed E-state index contributed by atoms with van der Waals surface area (Å²) in [5.74, 6) is -0.245. The van der Waals surface area contributed by atoms with E-state index in [0.717, 1.165) is 11.3 Å². The van der Waals surface area contributed by atoms with Gasteiger partial charge in [-0.15, -0.1) is 0 Å². The van der Waals surface area contributed by atoms with Gasteiger partial charge in [0.05, 0.1) is 0 Å². The van der Waals surface area contributed by atoms with Crippen LogP contribution in [0.15, 0.2) is 18.2 Å². The van der Waals surface area contributed by atoms with Crippen LogP contribution in [0.1, 0.15) is 22.3 Å². The molecule has 0 spiro atoms. The van der Waals surface area contributed by atoms with E-state index >= 15 is 0 Å². The number of halogens is 1. The standard InChI is InChI=1S/C13H14ClNO3S/c1-8-2-3-9(6-10(8)14)11(16)15-13(12(17)18)4-5-19-7-13/h2-3,6H,4-5,7H2,1H3,(H,15,16)(H,17,18). The zero-order chi connectivity index (χ0) is 14.0. The van der Waals surface area contributed by atoms with Crippen LogP contribution in [0.2, 0.25) is 5.02 Å². The predicted molar refractivity (Wildman–Crippen MR) is 76.0 cm³/mol. The lowest BCUT2D eigenvalue weighted by Crippen LogP contribution is -2.54. The van der Waals surface area contributed by atoms with Crippen LogP contribution in [-0.4, -0.2) is 34.0 Å². The Morgan fingerprint density at radius 1 is 1.47 bits per heavy atom. The summed E-state index contributed by atoms with van der Waals surface area (Å²) in [5, 5.41) is 12.4. The van der Waals surface area contributed by atoms with Gasteiger partial charge in [0.1, 0.15) is 5.54 Å². The van der Waals surface area contributed by atoms with Crippen LogP contribution in [-0.2, 0) is 4.79 Å². The molecule has 1 amide bonds. The third-order valence-corrected chi connectivity index (χ3v) is 4.81. The highest BCUT2D eigenvalue weighted by Gasteiger charge is 2.43. The Balaban J connectivity index is 2.20. The number of amides is 1. The molecule has 2 N–H and O–H groups in total. The van der Waals surface area contributed by atoms with E-state index in [1.165, 1.54) is 11.8 Å². The van der Waals surface area contributed by atoms with E-state index in [9.17, 15) is 14.7 Å². The molecule has 1 aliphatic heterocycles. The van der Waals surface area contributed by atoms with E-state index in [4.69, 9.17) is 11.6 Å². The van der Waals surface area contributed by atoms with Gasteiger partial charge in [-0.1, -0.05) is 17.7 Å². The molecule has 0 bridgehead atoms. The molecule has 4 nitrogen and oxygen atoms in total. The molecule has 0 aliphatic carbocycles. The number of carbonyl (C=O) groups is 2. The molecule has 1 aromatic carbocycles. The summed E-state index contributed by atoms with van der Waals surface area (Å²) < 4.78 is 0. The van der Waals surface area contributed by atoms with Crippen LogP contribution in [0.4, 0.5) is 0 Å². The minimum atomic E-state index is -1.15. The van der Waals surface area contributed by atoms with E-state index in [1.807, 2.05) is 6.92 Å². The smallest absolute Gasteiger partial charge is 0.330 e. The first-order chi connectivity index (χ1) is 8.94. The molecule has 1 unspecified atom stereocenters. The summed E-state index contributed by atoms with van der Waals surface area (Å²) in [6, 6.07) is 4.95. The van der Waals surface area contributed by atoms with Gasteiger partial charge in [0.25, 0.3) is 5.91 Å². The van der Waals surface area contributed by atoms with Crippen molar-refractivity contribution in [1.82, 2.24) is 5.32 Å². The van der Waals surface area contributed by atoms with Crippen molar-refractivity contribution in [2.75, 3.05) is 11.5 Å². The van der Waals surface area contributed by atoms with Crippen molar-refractivity contribution in [3.8, 4) is 0 Å². The molecule has 2 rings (SSSR count). The van der Waals surface area contributed by atoms with Gasteiger partial charge in [0.2, 0.25) is 0 Å². The molecule has 0 saturated carbocycles. The van der Waals surface area contributed by atoms with Crippen LogP contribution in [0.3, 0.4) is 0 Å². The second-order valence-electron chi connectivity index (χ2n) is 4.61. The van der Waals surface area contributed by atoms with E-state index in [0.29, 0.717) is 22.8 Å². The first-order valence-electron chi connectivity index (χ1n) is 5.84. The summed E-state index contributed by atoms with van der Waals surface area (Å²) in [7, 11) is 0.